The van der Waals surface area contributed by atoms with Gasteiger partial charge in [-0.3, -0.25) is 9.69 Å². The van der Waals surface area contributed by atoms with Gasteiger partial charge in [0.2, 0.25) is 0 Å². The Morgan fingerprint density at radius 3 is 2.74 bits per heavy atom. The summed E-state index contributed by atoms with van der Waals surface area (Å²) in [6.07, 6.45) is 6.35. The van der Waals surface area contributed by atoms with Gasteiger partial charge in [0.25, 0.3) is 5.91 Å². The van der Waals surface area contributed by atoms with E-state index in [0.717, 1.165) is 33.4 Å². The number of fused-ring (bicyclic) bond motifs is 1. The molecule has 0 saturated heterocycles. The molecule has 0 aliphatic carbocycles. The zero-order valence-electron chi connectivity index (χ0n) is 17.4. The van der Waals surface area contributed by atoms with Crippen LogP contribution in [-0.2, 0) is 6.54 Å². The van der Waals surface area contributed by atoms with Crippen molar-refractivity contribution in [2.24, 2.45) is 0 Å². The monoisotopic (exact) mass is 498 g/mol. The Hall–Kier alpha value is -2.71. The third-order valence-electron chi connectivity index (χ3n) is 4.65. The molecule has 0 N–H and O–H groups in total. The van der Waals surface area contributed by atoms with Crippen LogP contribution in [0.5, 0.6) is 5.75 Å². The van der Waals surface area contributed by atoms with Gasteiger partial charge >= 0.3 is 0 Å². The van der Waals surface area contributed by atoms with Gasteiger partial charge < -0.3 is 9.30 Å². The highest BCUT2D eigenvalue weighted by atomic mass is 79.9. The number of thiazole rings is 1. The lowest BCUT2D eigenvalue weighted by atomic mass is 10.2. The van der Waals surface area contributed by atoms with Gasteiger partial charge in [0.05, 0.1) is 22.6 Å². The fraction of sp³-hybridized carbons (Fsp3) is 0.261. The molecule has 0 aliphatic rings. The van der Waals surface area contributed by atoms with Crippen LogP contribution in [0.4, 0.5) is 5.13 Å². The van der Waals surface area contributed by atoms with Crippen molar-refractivity contribution >= 4 is 48.5 Å². The lowest BCUT2D eigenvalue weighted by Crippen LogP contribution is -2.32. The molecule has 2 heterocycles. The largest absolute Gasteiger partial charge is 0.491 e. The summed E-state index contributed by atoms with van der Waals surface area (Å²) in [5.74, 6) is 0.683. The minimum Gasteiger partial charge on any atom is -0.491 e. The van der Waals surface area contributed by atoms with E-state index in [1.807, 2.05) is 67.1 Å². The van der Waals surface area contributed by atoms with Crippen molar-refractivity contribution in [3.8, 4) is 5.75 Å². The smallest absolute Gasteiger partial charge is 0.260 e. The number of hydrogen-bond donors (Lipinski definition) is 0. The topological polar surface area (TPSA) is 60.2 Å². The zero-order valence-corrected chi connectivity index (χ0v) is 19.8. The maximum absolute atomic E-state index is 13.4. The molecule has 0 radical (unpaired) electrons. The standard InChI is InChI=1S/C23H23BrN4O2S/c1-16(2)30-19-7-4-17(5-8-19)22(29)28(12-3-11-27-13-10-25-15-27)23-26-20-9-6-18(24)14-21(20)31-23/h4-10,13-16H,3,11-12H2,1-2H3. The zero-order chi connectivity index (χ0) is 21.8. The molecule has 4 aromatic rings. The molecular formula is C23H23BrN4O2S. The maximum atomic E-state index is 13.4. The van der Waals surface area contributed by atoms with E-state index in [0.29, 0.717) is 17.2 Å². The fourth-order valence-electron chi connectivity index (χ4n) is 3.22. The Morgan fingerprint density at radius 2 is 2.03 bits per heavy atom. The number of halogens is 1. The maximum Gasteiger partial charge on any atom is 0.260 e. The Bertz CT molecular complexity index is 1160. The van der Waals surface area contributed by atoms with Crippen LogP contribution < -0.4 is 9.64 Å². The summed E-state index contributed by atoms with van der Waals surface area (Å²) in [5.41, 5.74) is 1.50. The third-order valence-corrected chi connectivity index (χ3v) is 6.18. The third kappa shape index (κ3) is 5.32. The van der Waals surface area contributed by atoms with Crippen molar-refractivity contribution in [3.63, 3.8) is 0 Å². The molecule has 0 fully saturated rings. The number of rotatable bonds is 8. The van der Waals surface area contributed by atoms with Crippen LogP contribution in [0, 0.1) is 0 Å². The summed E-state index contributed by atoms with van der Waals surface area (Å²) < 4.78 is 9.75. The number of imidazole rings is 1. The quantitative estimate of drug-likeness (QED) is 0.309. The SMILES string of the molecule is CC(C)Oc1ccc(C(=O)N(CCCn2ccnc2)c2nc3ccc(Br)cc3s2)cc1. The first-order valence-electron chi connectivity index (χ1n) is 10.1. The lowest BCUT2D eigenvalue weighted by molar-refractivity contribution is 0.0986. The first-order valence-corrected chi connectivity index (χ1v) is 11.7. The normalized spacial score (nSPS) is 11.2. The average Bonchev–Trinajstić information content (AvgIpc) is 3.40. The summed E-state index contributed by atoms with van der Waals surface area (Å²) in [6.45, 7) is 5.29. The van der Waals surface area contributed by atoms with Crippen LogP contribution >= 0.6 is 27.3 Å². The van der Waals surface area contributed by atoms with Crippen molar-refractivity contribution in [1.82, 2.24) is 14.5 Å². The van der Waals surface area contributed by atoms with Crippen molar-refractivity contribution in [2.45, 2.75) is 32.9 Å². The number of benzene rings is 2. The van der Waals surface area contributed by atoms with E-state index in [4.69, 9.17) is 9.72 Å². The van der Waals surface area contributed by atoms with Crippen molar-refractivity contribution in [3.05, 3.63) is 71.2 Å². The number of nitrogens with zero attached hydrogens (tertiary/aromatic N) is 4. The van der Waals surface area contributed by atoms with Crippen LogP contribution in [0.2, 0.25) is 0 Å². The van der Waals surface area contributed by atoms with Crippen molar-refractivity contribution in [1.29, 1.82) is 0 Å². The summed E-state index contributed by atoms with van der Waals surface area (Å²) in [6, 6.07) is 13.3. The highest BCUT2D eigenvalue weighted by molar-refractivity contribution is 9.10. The van der Waals surface area contributed by atoms with Crippen LogP contribution in [0.3, 0.4) is 0 Å². The van der Waals surface area contributed by atoms with E-state index in [-0.39, 0.29) is 12.0 Å². The van der Waals surface area contributed by atoms with Crippen LogP contribution in [0.1, 0.15) is 30.6 Å². The van der Waals surface area contributed by atoms with Gasteiger partial charge in [-0.15, -0.1) is 0 Å². The molecule has 6 nitrogen and oxygen atoms in total. The Morgan fingerprint density at radius 1 is 1.23 bits per heavy atom. The molecule has 1 amide bonds. The van der Waals surface area contributed by atoms with Gasteiger partial charge in [-0.05, 0) is 62.7 Å². The van der Waals surface area contributed by atoms with E-state index in [2.05, 4.69) is 20.9 Å². The Balaban J connectivity index is 1.59. The fourth-order valence-corrected chi connectivity index (χ4v) is 4.76. The van der Waals surface area contributed by atoms with Crippen LogP contribution in [0.15, 0.2) is 65.7 Å². The van der Waals surface area contributed by atoms with Gasteiger partial charge in [-0.25, -0.2) is 9.97 Å². The molecule has 0 unspecified atom stereocenters. The molecule has 2 aromatic heterocycles. The van der Waals surface area contributed by atoms with Crippen LogP contribution in [-0.4, -0.2) is 33.1 Å². The second kappa shape index (κ2) is 9.62. The number of aromatic nitrogens is 3. The molecule has 2 aromatic carbocycles. The summed E-state index contributed by atoms with van der Waals surface area (Å²) >= 11 is 5.03. The Kier molecular flexibility index (Phi) is 6.67. The van der Waals surface area contributed by atoms with E-state index < -0.39 is 0 Å². The molecule has 8 heteroatoms. The van der Waals surface area contributed by atoms with Crippen molar-refractivity contribution < 1.29 is 9.53 Å². The summed E-state index contributed by atoms with van der Waals surface area (Å²) in [4.78, 5) is 24.0. The lowest BCUT2D eigenvalue weighted by Gasteiger charge is -2.20. The van der Waals surface area contributed by atoms with Crippen LogP contribution in [0.25, 0.3) is 10.2 Å². The molecule has 160 valence electrons. The number of ether oxygens (including phenoxy) is 1. The first kappa shape index (κ1) is 21.5. The number of amides is 1. The van der Waals surface area contributed by atoms with Gasteiger partial charge in [-0.1, -0.05) is 27.3 Å². The molecule has 0 bridgehead atoms. The number of anilines is 1. The van der Waals surface area contributed by atoms with Gasteiger partial charge in [0.1, 0.15) is 5.75 Å². The van der Waals surface area contributed by atoms with E-state index in [9.17, 15) is 4.79 Å². The van der Waals surface area contributed by atoms with Gasteiger partial charge in [-0.2, -0.15) is 0 Å². The molecular weight excluding hydrogens is 476 g/mol. The molecule has 31 heavy (non-hydrogen) atoms. The number of carbonyl (C=O) groups excluding carboxylic acids is 1. The molecule has 0 spiro atoms. The first-order chi connectivity index (χ1) is 15.0. The van der Waals surface area contributed by atoms with Gasteiger partial charge in [0, 0.05) is 35.5 Å². The predicted molar refractivity (Wildman–Crippen MR) is 128 cm³/mol. The second-order valence-corrected chi connectivity index (χ2v) is 9.34. The molecule has 0 atom stereocenters. The Labute approximate surface area is 193 Å². The minimum atomic E-state index is -0.0696. The van der Waals surface area contributed by atoms with Crippen molar-refractivity contribution in [2.75, 3.05) is 11.4 Å². The summed E-state index contributed by atoms with van der Waals surface area (Å²) in [5, 5.41) is 0.700. The number of hydrogen-bond acceptors (Lipinski definition) is 5. The van der Waals surface area contributed by atoms with E-state index in [1.165, 1.54) is 11.3 Å². The highest BCUT2D eigenvalue weighted by Crippen LogP contribution is 2.32. The van der Waals surface area contributed by atoms with E-state index >= 15 is 0 Å². The molecule has 4 rings (SSSR count). The molecule has 0 saturated carbocycles. The minimum absolute atomic E-state index is 0.0696. The number of carbonyl (C=O) groups is 1. The summed E-state index contributed by atoms with van der Waals surface area (Å²) in [7, 11) is 0. The number of aryl methyl sites for hydroxylation is 1. The predicted octanol–water partition coefficient (Wildman–Crippen LogP) is 5.78. The second-order valence-electron chi connectivity index (χ2n) is 7.41. The van der Waals surface area contributed by atoms with Gasteiger partial charge in [0.15, 0.2) is 5.13 Å². The highest BCUT2D eigenvalue weighted by Gasteiger charge is 2.21. The molecule has 0 aliphatic heterocycles. The van der Waals surface area contributed by atoms with E-state index in [1.54, 1.807) is 17.4 Å². The average molecular weight is 499 g/mol.